The lowest BCUT2D eigenvalue weighted by atomic mass is 10.0. The smallest absolute Gasteiger partial charge is 0.243 e. The fourth-order valence-electron chi connectivity index (χ4n) is 3.59. The third kappa shape index (κ3) is 8.78. The number of nitrogens with one attached hydrogen (secondary N) is 4. The van der Waals surface area contributed by atoms with Crippen molar-refractivity contribution in [3.8, 4) is 0 Å². The molecule has 3 atom stereocenters. The van der Waals surface area contributed by atoms with Gasteiger partial charge in [0.25, 0.3) is 0 Å². The molecule has 32 heavy (non-hydrogen) atoms. The summed E-state index contributed by atoms with van der Waals surface area (Å²) in [5.41, 5.74) is 0. The van der Waals surface area contributed by atoms with Gasteiger partial charge in [-0.05, 0) is 51.2 Å². The Kier molecular flexibility index (Phi) is 12.3. The van der Waals surface area contributed by atoms with Crippen LogP contribution < -0.4 is 21.3 Å². The standard InChI is InChI=1S/C21H37N5O5S/c1-13(2)18(22-4)21(31)26-9-6-7-16(26)20(30)24-12-17(28)25-15(8-10-32-5)19(29)23-11-14(3)27/h13,15-16,18,22H,6-12H2,1-5H3,(H,23,29)(H,24,30)(H,25,28)/t15?,16-,18-/m0/s1. The van der Waals surface area contributed by atoms with Crippen LogP contribution in [-0.2, 0) is 24.0 Å². The average molecular weight is 472 g/mol. The molecule has 0 aliphatic carbocycles. The number of Topliss-reactive ketones (excluding diaryl/α,β-unsaturated/α-hetero) is 1. The second-order valence-corrected chi connectivity index (χ2v) is 9.22. The lowest BCUT2D eigenvalue weighted by Crippen LogP contribution is -2.55. The number of likely N-dealkylation sites (N-methyl/N-ethyl adjacent to an activating group) is 1. The Hall–Kier alpha value is -2.14. The van der Waals surface area contributed by atoms with Gasteiger partial charge in [-0.15, -0.1) is 0 Å². The Balaban J connectivity index is 2.65. The highest BCUT2D eigenvalue weighted by Crippen LogP contribution is 2.20. The van der Waals surface area contributed by atoms with Gasteiger partial charge in [0.05, 0.1) is 19.1 Å². The van der Waals surface area contributed by atoms with Crippen LogP contribution in [0, 0.1) is 5.92 Å². The molecule has 4 N–H and O–H groups in total. The summed E-state index contributed by atoms with van der Waals surface area (Å²) in [5, 5.41) is 10.7. The van der Waals surface area contributed by atoms with Crippen molar-refractivity contribution >= 4 is 41.2 Å². The van der Waals surface area contributed by atoms with Gasteiger partial charge in [0.15, 0.2) is 0 Å². The number of likely N-dealkylation sites (tertiary alicyclic amines) is 1. The molecule has 0 aromatic heterocycles. The number of rotatable bonds is 13. The predicted octanol–water partition coefficient (Wildman–Crippen LogP) is -0.719. The zero-order valence-electron chi connectivity index (χ0n) is 19.7. The third-order valence-electron chi connectivity index (χ3n) is 5.28. The molecule has 0 spiro atoms. The topological polar surface area (TPSA) is 137 Å². The number of ketones is 1. The Morgan fingerprint density at radius 2 is 1.78 bits per heavy atom. The molecule has 182 valence electrons. The van der Waals surface area contributed by atoms with Gasteiger partial charge in [0, 0.05) is 6.54 Å². The third-order valence-corrected chi connectivity index (χ3v) is 5.92. The monoisotopic (exact) mass is 471 g/mol. The molecule has 0 aromatic carbocycles. The summed E-state index contributed by atoms with van der Waals surface area (Å²) in [7, 11) is 1.72. The number of amides is 4. The molecule has 1 unspecified atom stereocenters. The molecular formula is C21H37N5O5S. The minimum Gasteiger partial charge on any atom is -0.347 e. The van der Waals surface area contributed by atoms with Crippen molar-refractivity contribution < 1.29 is 24.0 Å². The van der Waals surface area contributed by atoms with Crippen LogP contribution in [0.1, 0.15) is 40.0 Å². The minimum absolute atomic E-state index is 0.0787. The fraction of sp³-hybridized carbons (Fsp3) is 0.762. The minimum atomic E-state index is -0.793. The molecule has 1 aliphatic heterocycles. The van der Waals surface area contributed by atoms with Crippen molar-refractivity contribution in [2.75, 3.05) is 38.7 Å². The van der Waals surface area contributed by atoms with Crippen molar-refractivity contribution in [1.29, 1.82) is 0 Å². The molecule has 0 saturated carbocycles. The van der Waals surface area contributed by atoms with Crippen molar-refractivity contribution in [3.05, 3.63) is 0 Å². The largest absolute Gasteiger partial charge is 0.347 e. The van der Waals surface area contributed by atoms with Gasteiger partial charge in [-0.1, -0.05) is 13.8 Å². The van der Waals surface area contributed by atoms with E-state index in [9.17, 15) is 24.0 Å². The van der Waals surface area contributed by atoms with E-state index in [1.54, 1.807) is 11.9 Å². The molecule has 0 radical (unpaired) electrons. The zero-order chi connectivity index (χ0) is 24.3. The number of carbonyl (C=O) groups is 5. The van der Waals surface area contributed by atoms with E-state index in [1.165, 1.54) is 18.7 Å². The van der Waals surface area contributed by atoms with Crippen LogP contribution in [0.25, 0.3) is 0 Å². The number of thioether (sulfide) groups is 1. The first-order valence-electron chi connectivity index (χ1n) is 10.9. The number of hydrogen-bond acceptors (Lipinski definition) is 7. The summed E-state index contributed by atoms with van der Waals surface area (Å²) in [5.74, 6) is -0.909. The van der Waals surface area contributed by atoms with Gasteiger partial charge in [-0.3, -0.25) is 24.0 Å². The van der Waals surface area contributed by atoms with E-state index in [4.69, 9.17) is 0 Å². The van der Waals surface area contributed by atoms with E-state index in [1.807, 2.05) is 20.1 Å². The van der Waals surface area contributed by atoms with Crippen LogP contribution >= 0.6 is 11.8 Å². The van der Waals surface area contributed by atoms with Gasteiger partial charge in [-0.25, -0.2) is 0 Å². The highest BCUT2D eigenvalue weighted by atomic mass is 32.2. The molecule has 10 nitrogen and oxygen atoms in total. The second-order valence-electron chi connectivity index (χ2n) is 8.24. The van der Waals surface area contributed by atoms with Crippen molar-refractivity contribution in [3.63, 3.8) is 0 Å². The molecule has 1 heterocycles. The average Bonchev–Trinajstić information content (AvgIpc) is 3.23. The quantitative estimate of drug-likeness (QED) is 0.278. The van der Waals surface area contributed by atoms with Gasteiger partial charge in [0.2, 0.25) is 23.6 Å². The molecule has 1 rings (SSSR count). The van der Waals surface area contributed by atoms with Crippen LogP contribution in [-0.4, -0.2) is 91.1 Å². The maximum Gasteiger partial charge on any atom is 0.243 e. The molecule has 1 aliphatic rings. The summed E-state index contributed by atoms with van der Waals surface area (Å²) in [6.45, 7) is 5.34. The van der Waals surface area contributed by atoms with E-state index in [-0.39, 0.29) is 42.6 Å². The van der Waals surface area contributed by atoms with Crippen LogP contribution in [0.5, 0.6) is 0 Å². The SMILES string of the molecule is CN[C@H](C(=O)N1CCC[C@H]1C(=O)NCC(=O)NC(CCSC)C(=O)NCC(C)=O)C(C)C. The molecule has 11 heteroatoms. The Labute approximate surface area is 194 Å². The van der Waals surface area contributed by atoms with E-state index in [2.05, 4.69) is 21.3 Å². The summed E-state index contributed by atoms with van der Waals surface area (Å²) >= 11 is 1.53. The van der Waals surface area contributed by atoms with Crippen LogP contribution in [0.2, 0.25) is 0 Å². The predicted molar refractivity (Wildman–Crippen MR) is 124 cm³/mol. The first kappa shape index (κ1) is 27.9. The van der Waals surface area contributed by atoms with Crippen molar-refractivity contribution in [2.24, 2.45) is 5.92 Å². The maximum absolute atomic E-state index is 12.8. The second kappa shape index (κ2) is 14.1. The van der Waals surface area contributed by atoms with E-state index >= 15 is 0 Å². The Morgan fingerprint density at radius 3 is 2.34 bits per heavy atom. The van der Waals surface area contributed by atoms with E-state index in [0.717, 1.165) is 6.42 Å². The lowest BCUT2D eigenvalue weighted by Gasteiger charge is -2.29. The van der Waals surface area contributed by atoms with Crippen LogP contribution in [0.4, 0.5) is 0 Å². The van der Waals surface area contributed by atoms with Crippen LogP contribution in [0.3, 0.4) is 0 Å². The first-order chi connectivity index (χ1) is 15.1. The first-order valence-corrected chi connectivity index (χ1v) is 12.3. The molecule has 0 aromatic rings. The molecule has 0 bridgehead atoms. The Morgan fingerprint density at radius 1 is 1.09 bits per heavy atom. The highest BCUT2D eigenvalue weighted by Gasteiger charge is 2.37. The number of nitrogens with zero attached hydrogens (tertiary/aromatic N) is 1. The number of hydrogen-bond donors (Lipinski definition) is 4. The Bertz CT molecular complexity index is 687. The number of carbonyl (C=O) groups excluding carboxylic acids is 5. The van der Waals surface area contributed by atoms with Gasteiger partial charge in [-0.2, -0.15) is 11.8 Å². The fourth-order valence-corrected chi connectivity index (χ4v) is 4.06. The maximum atomic E-state index is 12.8. The summed E-state index contributed by atoms with van der Waals surface area (Å²) in [4.78, 5) is 62.8. The van der Waals surface area contributed by atoms with Gasteiger partial charge in [0.1, 0.15) is 17.9 Å². The van der Waals surface area contributed by atoms with Gasteiger partial charge < -0.3 is 26.2 Å². The summed E-state index contributed by atoms with van der Waals surface area (Å²) in [6.07, 6.45) is 3.55. The zero-order valence-corrected chi connectivity index (χ0v) is 20.5. The highest BCUT2D eigenvalue weighted by molar-refractivity contribution is 7.98. The van der Waals surface area contributed by atoms with E-state index < -0.39 is 23.9 Å². The molecule has 1 saturated heterocycles. The molecule has 4 amide bonds. The molecular weight excluding hydrogens is 434 g/mol. The summed E-state index contributed by atoms with van der Waals surface area (Å²) in [6, 6.07) is -1.79. The van der Waals surface area contributed by atoms with Crippen LogP contribution in [0.15, 0.2) is 0 Å². The van der Waals surface area contributed by atoms with E-state index in [0.29, 0.717) is 25.1 Å². The van der Waals surface area contributed by atoms with Crippen molar-refractivity contribution in [1.82, 2.24) is 26.2 Å². The summed E-state index contributed by atoms with van der Waals surface area (Å²) < 4.78 is 0. The van der Waals surface area contributed by atoms with Crippen molar-refractivity contribution in [2.45, 2.75) is 58.2 Å². The van der Waals surface area contributed by atoms with Gasteiger partial charge >= 0.3 is 0 Å². The molecule has 1 fully saturated rings. The normalized spacial score (nSPS) is 17.6. The lowest BCUT2D eigenvalue weighted by molar-refractivity contribution is -0.141.